The van der Waals surface area contributed by atoms with E-state index in [0.717, 1.165) is 22.9 Å². The highest BCUT2D eigenvalue weighted by Gasteiger charge is 2.04. The molecule has 13 heavy (non-hydrogen) atoms. The quantitative estimate of drug-likeness (QED) is 0.853. The Balaban J connectivity index is 2.60. The fourth-order valence-corrected chi connectivity index (χ4v) is 1.63. The van der Waals surface area contributed by atoms with Crippen LogP contribution < -0.4 is 5.73 Å². The fourth-order valence-electron chi connectivity index (χ4n) is 1.22. The molecular weight excluding hydrogens is 230 g/mol. The Labute approximate surface area is 86.9 Å². The highest BCUT2D eigenvalue weighted by Crippen LogP contribution is 2.19. The van der Waals surface area contributed by atoms with Gasteiger partial charge >= 0.3 is 0 Å². The van der Waals surface area contributed by atoms with Crippen molar-refractivity contribution in [3.05, 3.63) is 34.3 Å². The van der Waals surface area contributed by atoms with E-state index in [0.29, 0.717) is 0 Å². The lowest BCUT2D eigenvalue weighted by molar-refractivity contribution is 0.280. The van der Waals surface area contributed by atoms with Gasteiger partial charge in [-0.1, -0.05) is 28.1 Å². The number of benzene rings is 1. The first-order valence-electron chi connectivity index (χ1n) is 4.36. The molecule has 1 aromatic carbocycles. The molecule has 0 spiro atoms. The van der Waals surface area contributed by atoms with E-state index in [1.165, 1.54) is 0 Å². The molecule has 0 radical (unpaired) electrons. The van der Waals surface area contributed by atoms with Crippen LogP contribution in [0, 0.1) is 0 Å². The van der Waals surface area contributed by atoms with E-state index >= 15 is 0 Å². The number of hydrogen-bond donors (Lipinski definition) is 2. The lowest BCUT2D eigenvalue weighted by Gasteiger charge is -2.10. The molecule has 0 unspecified atom stereocenters. The normalized spacial score (nSPS) is 12.8. The second-order valence-corrected chi connectivity index (χ2v) is 3.94. The first-order valence-corrected chi connectivity index (χ1v) is 5.15. The van der Waals surface area contributed by atoms with E-state index in [1.54, 1.807) is 0 Å². The molecule has 0 bridgehead atoms. The highest BCUT2D eigenvalue weighted by molar-refractivity contribution is 9.10. The van der Waals surface area contributed by atoms with Crippen molar-refractivity contribution in [1.29, 1.82) is 0 Å². The number of halogens is 1. The van der Waals surface area contributed by atoms with E-state index < -0.39 is 0 Å². The number of rotatable bonds is 4. The van der Waals surface area contributed by atoms with Crippen LogP contribution in [0.2, 0.25) is 0 Å². The van der Waals surface area contributed by atoms with Crippen LogP contribution in [0.3, 0.4) is 0 Å². The minimum absolute atomic E-state index is 0.0321. The molecule has 1 aromatic rings. The maximum atomic E-state index is 8.65. The van der Waals surface area contributed by atoms with Gasteiger partial charge in [-0.05, 0) is 30.5 Å². The second-order valence-electron chi connectivity index (χ2n) is 3.03. The summed E-state index contributed by atoms with van der Waals surface area (Å²) in [6.07, 6.45) is 1.58. The summed E-state index contributed by atoms with van der Waals surface area (Å²) in [5.41, 5.74) is 7.03. The van der Waals surface area contributed by atoms with Crippen molar-refractivity contribution in [2.45, 2.75) is 18.9 Å². The summed E-state index contributed by atoms with van der Waals surface area (Å²) in [5, 5.41) is 8.65. The van der Waals surface area contributed by atoms with Gasteiger partial charge < -0.3 is 10.8 Å². The van der Waals surface area contributed by atoms with Gasteiger partial charge in [0.05, 0.1) is 0 Å². The summed E-state index contributed by atoms with van der Waals surface area (Å²) in [7, 11) is 0. The van der Waals surface area contributed by atoms with Gasteiger partial charge in [-0.15, -0.1) is 0 Å². The predicted molar refractivity (Wildman–Crippen MR) is 57.4 cm³/mol. The van der Waals surface area contributed by atoms with Gasteiger partial charge in [0.2, 0.25) is 0 Å². The number of nitrogens with two attached hydrogens (primary N) is 1. The van der Waals surface area contributed by atoms with Gasteiger partial charge in [-0.2, -0.15) is 0 Å². The molecule has 3 N–H and O–H groups in total. The van der Waals surface area contributed by atoms with Crippen LogP contribution in [0.15, 0.2) is 28.7 Å². The van der Waals surface area contributed by atoms with Crippen LogP contribution in [0.4, 0.5) is 0 Å². The smallest absolute Gasteiger partial charge is 0.0431 e. The van der Waals surface area contributed by atoms with Crippen molar-refractivity contribution in [1.82, 2.24) is 0 Å². The summed E-state index contributed by atoms with van der Waals surface area (Å²) in [5.74, 6) is 0. The Morgan fingerprint density at radius 3 is 2.85 bits per heavy atom. The van der Waals surface area contributed by atoms with Crippen molar-refractivity contribution in [3.8, 4) is 0 Å². The second kappa shape index (κ2) is 5.37. The zero-order valence-electron chi connectivity index (χ0n) is 7.41. The van der Waals surface area contributed by atoms with E-state index in [1.807, 2.05) is 24.3 Å². The van der Waals surface area contributed by atoms with Crippen molar-refractivity contribution in [2.75, 3.05) is 6.61 Å². The SMILES string of the molecule is N[C@@H](CCCO)c1cccc(Br)c1. The lowest BCUT2D eigenvalue weighted by atomic mass is 10.0. The summed E-state index contributed by atoms with van der Waals surface area (Å²) < 4.78 is 1.05. The van der Waals surface area contributed by atoms with Crippen LogP contribution >= 0.6 is 15.9 Å². The van der Waals surface area contributed by atoms with Gasteiger partial charge in [0.1, 0.15) is 0 Å². The van der Waals surface area contributed by atoms with Crippen LogP contribution in [-0.4, -0.2) is 11.7 Å². The molecule has 0 saturated heterocycles. The first kappa shape index (κ1) is 10.7. The number of aliphatic hydroxyl groups is 1. The topological polar surface area (TPSA) is 46.2 Å². The number of hydrogen-bond acceptors (Lipinski definition) is 2. The average molecular weight is 244 g/mol. The minimum atomic E-state index is 0.0321. The summed E-state index contributed by atoms with van der Waals surface area (Å²) in [6, 6.07) is 8.00. The van der Waals surface area contributed by atoms with Gasteiger partial charge in [0, 0.05) is 17.1 Å². The van der Waals surface area contributed by atoms with Crippen molar-refractivity contribution in [2.24, 2.45) is 5.73 Å². The molecule has 1 atom stereocenters. The largest absolute Gasteiger partial charge is 0.396 e. The fraction of sp³-hybridized carbons (Fsp3) is 0.400. The van der Waals surface area contributed by atoms with Crippen LogP contribution in [0.1, 0.15) is 24.4 Å². The highest BCUT2D eigenvalue weighted by atomic mass is 79.9. The molecule has 3 heteroatoms. The van der Waals surface area contributed by atoms with Crippen LogP contribution in [0.5, 0.6) is 0 Å². The Hall–Kier alpha value is -0.380. The Morgan fingerprint density at radius 2 is 2.23 bits per heavy atom. The molecule has 72 valence electrons. The van der Waals surface area contributed by atoms with Crippen molar-refractivity contribution >= 4 is 15.9 Å². The zero-order valence-corrected chi connectivity index (χ0v) is 9.00. The minimum Gasteiger partial charge on any atom is -0.396 e. The third kappa shape index (κ3) is 3.46. The molecule has 0 heterocycles. The Bertz CT molecular complexity index is 265. The monoisotopic (exact) mass is 243 g/mol. The Kier molecular flexibility index (Phi) is 4.42. The molecular formula is C10H14BrNO. The summed E-state index contributed by atoms with van der Waals surface area (Å²) >= 11 is 3.39. The third-order valence-electron chi connectivity index (χ3n) is 1.95. The lowest BCUT2D eigenvalue weighted by Crippen LogP contribution is -2.10. The van der Waals surface area contributed by atoms with Gasteiger partial charge in [-0.3, -0.25) is 0 Å². The van der Waals surface area contributed by atoms with Gasteiger partial charge in [-0.25, -0.2) is 0 Å². The molecule has 0 amide bonds. The maximum absolute atomic E-state index is 8.65. The Morgan fingerprint density at radius 1 is 1.46 bits per heavy atom. The molecule has 0 aromatic heterocycles. The van der Waals surface area contributed by atoms with E-state index in [2.05, 4.69) is 15.9 Å². The van der Waals surface area contributed by atoms with Crippen LogP contribution in [-0.2, 0) is 0 Å². The van der Waals surface area contributed by atoms with E-state index in [4.69, 9.17) is 10.8 Å². The maximum Gasteiger partial charge on any atom is 0.0431 e. The summed E-state index contributed by atoms with van der Waals surface area (Å²) in [6.45, 7) is 0.210. The van der Waals surface area contributed by atoms with Crippen molar-refractivity contribution < 1.29 is 5.11 Å². The molecule has 0 fully saturated rings. The molecule has 0 aliphatic rings. The molecule has 0 aliphatic carbocycles. The first-order chi connectivity index (χ1) is 6.24. The molecule has 0 saturated carbocycles. The van der Waals surface area contributed by atoms with E-state index in [-0.39, 0.29) is 12.6 Å². The third-order valence-corrected chi connectivity index (χ3v) is 2.44. The summed E-state index contributed by atoms with van der Waals surface area (Å²) in [4.78, 5) is 0. The van der Waals surface area contributed by atoms with Crippen molar-refractivity contribution in [3.63, 3.8) is 0 Å². The molecule has 1 rings (SSSR count). The van der Waals surface area contributed by atoms with Crippen LogP contribution in [0.25, 0.3) is 0 Å². The predicted octanol–water partition coefficient (Wildman–Crippen LogP) is 2.22. The molecule has 2 nitrogen and oxygen atoms in total. The number of aliphatic hydroxyl groups excluding tert-OH is 1. The standard InChI is InChI=1S/C10H14BrNO/c11-9-4-1-3-8(7-9)10(12)5-2-6-13/h1,3-4,7,10,13H,2,5-6,12H2/t10-/m0/s1. The van der Waals surface area contributed by atoms with Gasteiger partial charge in [0.25, 0.3) is 0 Å². The average Bonchev–Trinajstić information content (AvgIpc) is 2.14. The van der Waals surface area contributed by atoms with E-state index in [9.17, 15) is 0 Å². The molecule has 0 aliphatic heterocycles. The zero-order chi connectivity index (χ0) is 9.68. The van der Waals surface area contributed by atoms with Gasteiger partial charge in [0.15, 0.2) is 0 Å².